The molecule has 1 rings (SSSR count). The predicted molar refractivity (Wildman–Crippen MR) is 70.0 cm³/mol. The summed E-state index contributed by atoms with van der Waals surface area (Å²) in [4.78, 5) is 4.43. The van der Waals surface area contributed by atoms with Crippen molar-refractivity contribution in [2.45, 2.75) is 0 Å². The van der Waals surface area contributed by atoms with Crippen LogP contribution in [0.4, 0.5) is 10.7 Å². The maximum absolute atomic E-state index is 9.06. The van der Waals surface area contributed by atoms with Crippen LogP contribution in [0.2, 0.25) is 0 Å². The molecule has 0 aliphatic carbocycles. The van der Waals surface area contributed by atoms with E-state index in [1.807, 2.05) is 32.1 Å². The van der Waals surface area contributed by atoms with E-state index in [4.69, 9.17) is 16.3 Å². The number of nitrogens with zero attached hydrogens (tertiary/aromatic N) is 4. The second-order valence-corrected chi connectivity index (χ2v) is 4.97. The zero-order chi connectivity index (χ0) is 13.0. The van der Waals surface area contributed by atoms with Crippen LogP contribution in [0.1, 0.15) is 10.4 Å². The van der Waals surface area contributed by atoms with Crippen LogP contribution in [0.15, 0.2) is 0 Å². The van der Waals surface area contributed by atoms with E-state index in [0.29, 0.717) is 16.1 Å². The van der Waals surface area contributed by atoms with Crippen molar-refractivity contribution in [1.82, 2.24) is 4.90 Å². The lowest BCUT2D eigenvalue weighted by molar-refractivity contribution is 0.417. The highest BCUT2D eigenvalue weighted by Gasteiger charge is 2.18. The summed E-state index contributed by atoms with van der Waals surface area (Å²) >= 11 is 1.27. The molecule has 0 aliphatic rings. The van der Waals surface area contributed by atoms with Gasteiger partial charge < -0.3 is 15.5 Å². The average molecular weight is 249 g/mol. The molecule has 6 heteroatoms. The molecule has 0 spiro atoms. The molecule has 90 valence electrons. The topological polar surface area (TPSA) is 80.1 Å². The quantitative estimate of drug-likeness (QED) is 0.863. The monoisotopic (exact) mass is 249 g/mol. The van der Waals surface area contributed by atoms with Gasteiger partial charge in [-0.25, -0.2) is 0 Å². The fraction of sp³-hybridized carbons (Fsp3) is 0.455. The van der Waals surface area contributed by atoms with Crippen LogP contribution < -0.4 is 10.6 Å². The normalized spacial score (nSPS) is 10.0. The largest absolute Gasteiger partial charge is 0.396 e. The first-order chi connectivity index (χ1) is 8.01. The highest BCUT2D eigenvalue weighted by Crippen LogP contribution is 2.36. The molecule has 0 unspecified atom stereocenters. The second-order valence-electron chi connectivity index (χ2n) is 3.97. The first-order valence-corrected chi connectivity index (χ1v) is 5.91. The fourth-order valence-electron chi connectivity index (χ4n) is 1.34. The fourth-order valence-corrected chi connectivity index (χ4v) is 2.30. The third-order valence-electron chi connectivity index (χ3n) is 2.37. The van der Waals surface area contributed by atoms with E-state index in [-0.39, 0.29) is 0 Å². The van der Waals surface area contributed by atoms with E-state index in [2.05, 4.69) is 11.0 Å². The van der Waals surface area contributed by atoms with E-state index in [0.717, 1.165) is 18.1 Å². The van der Waals surface area contributed by atoms with Gasteiger partial charge in [0.25, 0.3) is 0 Å². The van der Waals surface area contributed by atoms with Crippen LogP contribution in [0.5, 0.6) is 0 Å². The first-order valence-electron chi connectivity index (χ1n) is 5.09. The van der Waals surface area contributed by atoms with Crippen molar-refractivity contribution >= 4 is 22.0 Å². The molecule has 0 atom stereocenters. The summed E-state index contributed by atoms with van der Waals surface area (Å²) in [7, 11) is 5.88. The molecule has 0 fully saturated rings. The maximum atomic E-state index is 9.06. The Labute approximate surface area is 105 Å². The van der Waals surface area contributed by atoms with Crippen molar-refractivity contribution in [3.63, 3.8) is 0 Å². The summed E-state index contributed by atoms with van der Waals surface area (Å²) in [5.41, 5.74) is 6.46. The van der Waals surface area contributed by atoms with Gasteiger partial charge in [-0.1, -0.05) is 0 Å². The molecule has 0 amide bonds. The Balaban J connectivity index is 2.98. The van der Waals surface area contributed by atoms with Crippen molar-refractivity contribution in [1.29, 1.82) is 10.5 Å². The molecule has 1 aromatic heterocycles. The van der Waals surface area contributed by atoms with Crippen LogP contribution in [-0.4, -0.2) is 39.1 Å². The van der Waals surface area contributed by atoms with Gasteiger partial charge in [0.15, 0.2) is 0 Å². The number of nitriles is 2. The van der Waals surface area contributed by atoms with Gasteiger partial charge >= 0.3 is 0 Å². The van der Waals surface area contributed by atoms with E-state index in [1.165, 1.54) is 11.3 Å². The van der Waals surface area contributed by atoms with Crippen LogP contribution in [-0.2, 0) is 0 Å². The van der Waals surface area contributed by atoms with Crippen molar-refractivity contribution in [2.24, 2.45) is 0 Å². The van der Waals surface area contributed by atoms with Crippen molar-refractivity contribution in [3.05, 3.63) is 10.4 Å². The number of anilines is 2. The van der Waals surface area contributed by atoms with E-state index in [1.54, 1.807) is 0 Å². The molecular formula is C11H15N5S. The van der Waals surface area contributed by atoms with E-state index < -0.39 is 0 Å². The van der Waals surface area contributed by atoms with Gasteiger partial charge in [0.2, 0.25) is 0 Å². The minimum absolute atomic E-state index is 0.298. The zero-order valence-electron chi connectivity index (χ0n) is 10.2. The average Bonchev–Trinajstić information content (AvgIpc) is 2.62. The molecule has 0 radical (unpaired) electrons. The molecule has 5 nitrogen and oxygen atoms in total. The highest BCUT2D eigenvalue weighted by molar-refractivity contribution is 7.17. The Morgan fingerprint density at radius 3 is 2.29 bits per heavy atom. The van der Waals surface area contributed by atoms with Gasteiger partial charge in [-0.05, 0) is 14.1 Å². The second kappa shape index (κ2) is 5.53. The number of thiophene rings is 1. The number of hydrogen-bond acceptors (Lipinski definition) is 6. The van der Waals surface area contributed by atoms with Gasteiger partial charge in [0.1, 0.15) is 27.6 Å². The van der Waals surface area contributed by atoms with Gasteiger partial charge in [-0.15, -0.1) is 11.3 Å². The lowest BCUT2D eigenvalue weighted by Crippen LogP contribution is -2.28. The lowest BCUT2D eigenvalue weighted by atomic mass is 10.2. The van der Waals surface area contributed by atoms with Crippen molar-refractivity contribution in [3.8, 4) is 12.1 Å². The van der Waals surface area contributed by atoms with Gasteiger partial charge in [0, 0.05) is 20.1 Å². The van der Waals surface area contributed by atoms with Crippen LogP contribution in [0.3, 0.4) is 0 Å². The number of likely N-dealkylation sites (N-methyl/N-ethyl adjacent to an activating group) is 2. The lowest BCUT2D eigenvalue weighted by Gasteiger charge is -2.20. The number of nitrogen functional groups attached to an aromatic ring is 1. The molecule has 2 N–H and O–H groups in total. The number of rotatable bonds is 4. The Morgan fingerprint density at radius 1 is 1.18 bits per heavy atom. The smallest absolute Gasteiger partial charge is 0.131 e. The standard InChI is InChI=1S/C11H15N5S/c1-15(2)4-5-16(3)11-8(6-12)10(14)9(7-13)17-11/h4-5,14H2,1-3H3. The highest BCUT2D eigenvalue weighted by atomic mass is 32.1. The summed E-state index contributed by atoms with van der Waals surface area (Å²) in [6.45, 7) is 1.66. The molecule has 0 saturated heterocycles. The van der Waals surface area contributed by atoms with E-state index >= 15 is 0 Å². The van der Waals surface area contributed by atoms with Crippen LogP contribution in [0.25, 0.3) is 0 Å². The Bertz CT molecular complexity index is 477. The van der Waals surface area contributed by atoms with Crippen molar-refractivity contribution in [2.75, 3.05) is 44.9 Å². The summed E-state index contributed by atoms with van der Waals surface area (Å²) in [6.07, 6.45) is 0. The summed E-state index contributed by atoms with van der Waals surface area (Å²) in [6, 6.07) is 4.08. The zero-order valence-corrected chi connectivity index (χ0v) is 11.0. The Hall–Kier alpha value is -1.76. The molecule has 1 aromatic rings. The minimum atomic E-state index is 0.298. The summed E-state index contributed by atoms with van der Waals surface area (Å²) in [5.74, 6) is 0. The third-order valence-corrected chi connectivity index (χ3v) is 3.59. The van der Waals surface area contributed by atoms with Crippen LogP contribution >= 0.6 is 11.3 Å². The number of nitrogens with two attached hydrogens (primary N) is 1. The SMILES string of the molecule is CN(C)CCN(C)c1sc(C#N)c(N)c1C#N. The number of hydrogen-bond donors (Lipinski definition) is 1. The Morgan fingerprint density at radius 2 is 1.82 bits per heavy atom. The Kier molecular flexibility index (Phi) is 4.33. The van der Waals surface area contributed by atoms with Crippen LogP contribution in [0, 0.1) is 22.7 Å². The molecule has 0 bridgehead atoms. The predicted octanol–water partition coefficient (Wildman–Crippen LogP) is 1.07. The van der Waals surface area contributed by atoms with Crippen molar-refractivity contribution < 1.29 is 0 Å². The summed E-state index contributed by atoms with van der Waals surface area (Å²) in [5, 5.41) is 18.7. The molecule has 0 aromatic carbocycles. The van der Waals surface area contributed by atoms with Gasteiger partial charge in [-0.3, -0.25) is 0 Å². The molecule has 1 heterocycles. The molecule has 17 heavy (non-hydrogen) atoms. The molecule has 0 saturated carbocycles. The first kappa shape index (κ1) is 13.3. The minimum Gasteiger partial charge on any atom is -0.396 e. The molecule has 0 aliphatic heterocycles. The third kappa shape index (κ3) is 2.88. The van der Waals surface area contributed by atoms with Gasteiger partial charge in [-0.2, -0.15) is 10.5 Å². The summed E-state index contributed by atoms with van der Waals surface area (Å²) < 4.78 is 0. The molecular weight excluding hydrogens is 234 g/mol. The van der Waals surface area contributed by atoms with E-state index in [9.17, 15) is 0 Å². The maximum Gasteiger partial charge on any atom is 0.131 e. The van der Waals surface area contributed by atoms with Gasteiger partial charge in [0.05, 0.1) is 5.69 Å².